The number of nitrogens with one attached hydrogen (secondary N) is 1. The SMILES string of the molecule is C=C/C=C\[C@H](C)[C@H](NC(N)=O)[C@@H](C)[C@H](O)[C@@H](C)C/C(C)=C\[C@H](C)[C@@H](O)[C@@H](C)/C=C\CCc1cccc(O)c1. The predicted molar refractivity (Wildman–Crippen MR) is 158 cm³/mol. The number of hydrogen-bond acceptors (Lipinski definition) is 4. The van der Waals surface area contributed by atoms with E-state index in [-0.39, 0.29) is 41.4 Å². The number of primary amides is 1. The van der Waals surface area contributed by atoms with Crippen LogP contribution in [0, 0.1) is 29.6 Å². The highest BCUT2D eigenvalue weighted by Gasteiger charge is 2.31. The van der Waals surface area contributed by atoms with Gasteiger partial charge in [0.15, 0.2) is 0 Å². The summed E-state index contributed by atoms with van der Waals surface area (Å²) in [6, 6.07) is 6.35. The van der Waals surface area contributed by atoms with Crippen LogP contribution in [0.4, 0.5) is 4.79 Å². The molecule has 0 aromatic heterocycles. The molecule has 0 bridgehead atoms. The van der Waals surface area contributed by atoms with Gasteiger partial charge >= 0.3 is 6.03 Å². The number of aromatic hydroxyl groups is 1. The van der Waals surface area contributed by atoms with Gasteiger partial charge in [0, 0.05) is 23.8 Å². The minimum absolute atomic E-state index is 0.00741. The Morgan fingerprint density at radius 1 is 1.05 bits per heavy atom. The van der Waals surface area contributed by atoms with E-state index in [0.717, 1.165) is 24.0 Å². The Hall–Kier alpha value is -2.83. The first-order valence-electron chi connectivity index (χ1n) is 13.7. The number of aryl methyl sites for hydroxylation is 1. The Morgan fingerprint density at radius 2 is 1.74 bits per heavy atom. The van der Waals surface area contributed by atoms with E-state index < -0.39 is 18.2 Å². The monoisotopic (exact) mass is 526 g/mol. The van der Waals surface area contributed by atoms with Crippen molar-refractivity contribution < 1.29 is 20.1 Å². The van der Waals surface area contributed by atoms with Gasteiger partial charge in [-0.15, -0.1) is 0 Å². The van der Waals surface area contributed by atoms with Crippen LogP contribution in [0.1, 0.15) is 59.9 Å². The van der Waals surface area contributed by atoms with Crippen LogP contribution >= 0.6 is 0 Å². The molecular formula is C32H50N2O4. The van der Waals surface area contributed by atoms with Gasteiger partial charge in [-0.3, -0.25) is 0 Å². The van der Waals surface area contributed by atoms with E-state index in [2.05, 4.69) is 30.1 Å². The molecule has 0 spiro atoms. The van der Waals surface area contributed by atoms with Crippen LogP contribution in [0.5, 0.6) is 5.75 Å². The summed E-state index contributed by atoms with van der Waals surface area (Å²) in [6.45, 7) is 15.6. The van der Waals surface area contributed by atoms with Crippen molar-refractivity contribution in [2.45, 2.75) is 79.1 Å². The smallest absolute Gasteiger partial charge is 0.312 e. The molecule has 1 rings (SSSR count). The fourth-order valence-electron chi connectivity index (χ4n) is 5.12. The Labute approximate surface area is 230 Å². The first kappa shape index (κ1) is 33.2. The van der Waals surface area contributed by atoms with Crippen LogP contribution < -0.4 is 11.1 Å². The average molecular weight is 527 g/mol. The Bertz CT molecular complexity index is 955. The van der Waals surface area contributed by atoms with Crippen molar-refractivity contribution in [3.63, 3.8) is 0 Å². The molecule has 0 fully saturated rings. The van der Waals surface area contributed by atoms with Crippen molar-refractivity contribution in [2.24, 2.45) is 35.3 Å². The van der Waals surface area contributed by atoms with Crippen LogP contribution in [0.15, 0.2) is 72.9 Å². The van der Waals surface area contributed by atoms with E-state index in [0.29, 0.717) is 6.42 Å². The van der Waals surface area contributed by atoms with Crippen molar-refractivity contribution >= 4 is 6.03 Å². The lowest BCUT2D eigenvalue weighted by molar-refractivity contribution is 0.0428. The molecule has 2 amide bonds. The van der Waals surface area contributed by atoms with Crippen LogP contribution in [0.3, 0.4) is 0 Å². The number of aliphatic hydroxyl groups excluding tert-OH is 2. The third-order valence-electron chi connectivity index (χ3n) is 7.33. The second-order valence-corrected chi connectivity index (χ2v) is 10.9. The molecule has 0 aliphatic heterocycles. The van der Waals surface area contributed by atoms with Crippen LogP contribution in [0.25, 0.3) is 0 Å². The Morgan fingerprint density at radius 3 is 2.34 bits per heavy atom. The molecular weight excluding hydrogens is 476 g/mol. The van der Waals surface area contributed by atoms with Crippen molar-refractivity contribution in [3.05, 3.63) is 78.4 Å². The minimum atomic E-state index is -0.650. The number of phenolic OH excluding ortho intramolecular Hbond substituents is 1. The number of phenols is 1. The molecule has 0 unspecified atom stereocenters. The first-order chi connectivity index (χ1) is 17.9. The summed E-state index contributed by atoms with van der Waals surface area (Å²) in [5, 5.41) is 34.4. The summed E-state index contributed by atoms with van der Waals surface area (Å²) >= 11 is 0. The fraction of sp³-hybridized carbons (Fsp3) is 0.531. The lowest BCUT2D eigenvalue weighted by Crippen LogP contribution is -2.50. The number of carbonyl (C=O) groups excluding carboxylic acids is 1. The molecule has 6 N–H and O–H groups in total. The average Bonchev–Trinajstić information content (AvgIpc) is 2.86. The molecule has 0 saturated carbocycles. The zero-order valence-electron chi connectivity index (χ0n) is 24.0. The maximum atomic E-state index is 11.6. The highest BCUT2D eigenvalue weighted by Crippen LogP contribution is 2.27. The molecule has 212 valence electrons. The number of amides is 2. The number of benzene rings is 1. The highest BCUT2D eigenvalue weighted by molar-refractivity contribution is 5.72. The van der Waals surface area contributed by atoms with Gasteiger partial charge in [0.05, 0.1) is 12.2 Å². The van der Waals surface area contributed by atoms with E-state index in [9.17, 15) is 20.1 Å². The highest BCUT2D eigenvalue weighted by atomic mass is 16.3. The van der Waals surface area contributed by atoms with Crippen LogP contribution in [0.2, 0.25) is 0 Å². The van der Waals surface area contributed by atoms with Gasteiger partial charge in [0.25, 0.3) is 0 Å². The van der Waals surface area contributed by atoms with Gasteiger partial charge in [0.1, 0.15) is 5.75 Å². The number of rotatable bonds is 16. The van der Waals surface area contributed by atoms with Crippen LogP contribution in [-0.4, -0.2) is 39.6 Å². The third-order valence-corrected chi connectivity index (χ3v) is 7.33. The molecule has 0 heterocycles. The number of carbonyl (C=O) groups is 1. The molecule has 6 heteroatoms. The minimum Gasteiger partial charge on any atom is -0.508 e. The number of aliphatic hydroxyl groups is 2. The molecule has 8 atom stereocenters. The van der Waals surface area contributed by atoms with Crippen molar-refractivity contribution in [1.29, 1.82) is 0 Å². The lowest BCUT2D eigenvalue weighted by Gasteiger charge is -2.34. The maximum absolute atomic E-state index is 11.6. The van der Waals surface area contributed by atoms with Gasteiger partial charge in [-0.2, -0.15) is 0 Å². The van der Waals surface area contributed by atoms with Gasteiger partial charge in [0.2, 0.25) is 0 Å². The van der Waals surface area contributed by atoms with Gasteiger partial charge in [-0.25, -0.2) is 4.79 Å². The third kappa shape index (κ3) is 11.7. The van der Waals surface area contributed by atoms with Gasteiger partial charge in [-0.05, 0) is 55.7 Å². The van der Waals surface area contributed by atoms with Gasteiger partial charge in [-0.1, -0.05) is 95.4 Å². The lowest BCUT2D eigenvalue weighted by atomic mass is 9.80. The van der Waals surface area contributed by atoms with Crippen molar-refractivity contribution in [3.8, 4) is 5.75 Å². The molecule has 0 radical (unpaired) electrons. The first-order valence-corrected chi connectivity index (χ1v) is 13.7. The van der Waals surface area contributed by atoms with E-state index in [4.69, 9.17) is 5.73 Å². The van der Waals surface area contributed by atoms with E-state index >= 15 is 0 Å². The Balaban J connectivity index is 2.70. The second-order valence-electron chi connectivity index (χ2n) is 10.9. The van der Waals surface area contributed by atoms with E-state index in [1.54, 1.807) is 18.2 Å². The largest absolute Gasteiger partial charge is 0.508 e. The standard InChI is InChI=1S/C32H50N2O4/c1-8-9-13-22(3)29(34-32(33)38)26(7)31(37)25(6)19-21(2)18-24(5)30(36)23(4)14-10-11-15-27-16-12-17-28(35)20-27/h8-10,12-14,16-18,20,22-26,29-31,35-37H,1,11,15,19H2,2-7H3,(H3,33,34,38)/b13-9-,14-10-,21-18-/t22-,23-,24-,25-,26+,29-,30-,31+/m0/s1. The van der Waals surface area contributed by atoms with E-state index in [1.807, 2.05) is 65.8 Å². The summed E-state index contributed by atoms with van der Waals surface area (Å²) in [7, 11) is 0. The topological polar surface area (TPSA) is 116 Å². The summed E-state index contributed by atoms with van der Waals surface area (Å²) in [4.78, 5) is 11.6. The fourth-order valence-corrected chi connectivity index (χ4v) is 5.12. The number of nitrogens with two attached hydrogens (primary N) is 1. The zero-order valence-corrected chi connectivity index (χ0v) is 24.0. The molecule has 0 aliphatic carbocycles. The maximum Gasteiger partial charge on any atom is 0.312 e. The van der Waals surface area contributed by atoms with Crippen LogP contribution in [-0.2, 0) is 6.42 Å². The van der Waals surface area contributed by atoms with Crippen molar-refractivity contribution in [2.75, 3.05) is 0 Å². The van der Waals surface area contributed by atoms with E-state index in [1.165, 1.54) is 0 Å². The normalized spacial score (nSPS) is 18.9. The molecule has 0 aliphatic rings. The summed E-state index contributed by atoms with van der Waals surface area (Å²) < 4.78 is 0. The zero-order chi connectivity index (χ0) is 28.8. The predicted octanol–water partition coefficient (Wildman–Crippen LogP) is 5.90. The second kappa shape index (κ2) is 16.9. The number of hydrogen-bond donors (Lipinski definition) is 5. The number of urea groups is 1. The Kier molecular flexibility index (Phi) is 14.8. The molecule has 38 heavy (non-hydrogen) atoms. The molecule has 1 aromatic rings. The number of allylic oxidation sites excluding steroid dienone is 4. The molecule has 1 aromatic carbocycles. The summed E-state index contributed by atoms with van der Waals surface area (Å²) in [5.41, 5.74) is 7.60. The van der Waals surface area contributed by atoms with Crippen molar-refractivity contribution in [1.82, 2.24) is 5.32 Å². The molecule has 0 saturated heterocycles. The molecule has 6 nitrogen and oxygen atoms in total. The summed E-state index contributed by atoms with van der Waals surface area (Å²) in [6.07, 6.45) is 12.8. The van der Waals surface area contributed by atoms with Gasteiger partial charge < -0.3 is 26.4 Å². The quantitative estimate of drug-likeness (QED) is 0.136. The summed E-state index contributed by atoms with van der Waals surface area (Å²) in [5.74, 6) is -0.0721.